The molecule has 2 heterocycles. The number of nitrogens with two attached hydrogens (primary N) is 1. The summed E-state index contributed by atoms with van der Waals surface area (Å²) in [6.07, 6.45) is 3.26. The van der Waals surface area contributed by atoms with Gasteiger partial charge in [0.15, 0.2) is 0 Å². The molecule has 0 amide bonds. The molecule has 84 valence electrons. The second-order valence-corrected chi connectivity index (χ2v) is 4.08. The van der Waals surface area contributed by atoms with E-state index < -0.39 is 0 Å². The molecule has 0 aromatic carbocycles. The zero-order valence-corrected chi connectivity index (χ0v) is 9.21. The molecule has 0 bridgehead atoms. The Bertz CT molecular complexity index is 465. The smallest absolute Gasteiger partial charge is 0.240 e. The lowest BCUT2D eigenvalue weighted by Crippen LogP contribution is -2.28. The predicted molar refractivity (Wildman–Crippen MR) is 57.4 cm³/mol. The van der Waals surface area contributed by atoms with Gasteiger partial charge in [0.2, 0.25) is 17.5 Å². The number of aromatic nitrogens is 4. The molecule has 6 nitrogen and oxygen atoms in total. The Balaban J connectivity index is 2.34. The highest BCUT2D eigenvalue weighted by Crippen LogP contribution is 2.21. The number of hydrogen-bond acceptors (Lipinski definition) is 6. The lowest BCUT2D eigenvalue weighted by Gasteiger charge is -2.15. The van der Waals surface area contributed by atoms with E-state index in [4.69, 9.17) is 10.3 Å². The average molecular weight is 219 g/mol. The summed E-state index contributed by atoms with van der Waals surface area (Å²) in [7, 11) is 0. The van der Waals surface area contributed by atoms with Gasteiger partial charge in [-0.05, 0) is 19.9 Å². The Morgan fingerprint density at radius 2 is 1.94 bits per heavy atom. The zero-order valence-electron chi connectivity index (χ0n) is 9.21. The second kappa shape index (κ2) is 3.97. The molecule has 0 atom stereocenters. The highest BCUT2D eigenvalue weighted by atomic mass is 16.5. The Morgan fingerprint density at radius 3 is 2.56 bits per heavy atom. The van der Waals surface area contributed by atoms with E-state index in [0.29, 0.717) is 24.1 Å². The summed E-state index contributed by atoms with van der Waals surface area (Å²) in [6.45, 7) is 4.32. The Kier molecular flexibility index (Phi) is 2.66. The minimum Gasteiger partial charge on any atom is -0.338 e. The quantitative estimate of drug-likeness (QED) is 0.819. The number of nitrogens with zero attached hydrogens (tertiary/aromatic N) is 4. The molecular weight excluding hydrogens is 206 g/mol. The summed E-state index contributed by atoms with van der Waals surface area (Å²) in [4.78, 5) is 12.3. The van der Waals surface area contributed by atoms with Crippen LogP contribution in [-0.2, 0) is 5.41 Å². The van der Waals surface area contributed by atoms with Crippen LogP contribution < -0.4 is 5.73 Å². The molecular formula is C10H13N5O. The van der Waals surface area contributed by atoms with E-state index in [1.165, 1.54) is 0 Å². The maximum atomic E-state index is 5.63. The van der Waals surface area contributed by atoms with Crippen molar-refractivity contribution in [1.29, 1.82) is 0 Å². The first-order chi connectivity index (χ1) is 7.63. The van der Waals surface area contributed by atoms with Crippen molar-refractivity contribution in [2.45, 2.75) is 19.3 Å². The molecule has 2 N–H and O–H groups in total. The van der Waals surface area contributed by atoms with Gasteiger partial charge >= 0.3 is 0 Å². The van der Waals surface area contributed by atoms with Gasteiger partial charge in [-0.15, -0.1) is 0 Å². The molecule has 0 aliphatic rings. The summed E-state index contributed by atoms with van der Waals surface area (Å²) in [6, 6.07) is 1.73. The van der Waals surface area contributed by atoms with Crippen molar-refractivity contribution in [3.05, 3.63) is 24.4 Å². The molecule has 0 aliphatic heterocycles. The monoisotopic (exact) mass is 219 g/mol. The highest BCUT2D eigenvalue weighted by molar-refractivity contribution is 5.40. The Labute approximate surface area is 92.9 Å². The van der Waals surface area contributed by atoms with Gasteiger partial charge in [-0.25, -0.2) is 9.97 Å². The van der Waals surface area contributed by atoms with Crippen molar-refractivity contribution in [2.24, 2.45) is 5.73 Å². The van der Waals surface area contributed by atoms with Crippen molar-refractivity contribution in [3.8, 4) is 11.6 Å². The summed E-state index contributed by atoms with van der Waals surface area (Å²) >= 11 is 0. The van der Waals surface area contributed by atoms with Gasteiger partial charge in [-0.3, -0.25) is 0 Å². The fourth-order valence-electron chi connectivity index (χ4n) is 1.09. The molecule has 2 rings (SSSR count). The fourth-order valence-corrected chi connectivity index (χ4v) is 1.09. The van der Waals surface area contributed by atoms with Crippen molar-refractivity contribution < 1.29 is 4.52 Å². The van der Waals surface area contributed by atoms with Crippen molar-refractivity contribution in [3.63, 3.8) is 0 Å². The molecule has 2 aromatic rings. The summed E-state index contributed by atoms with van der Waals surface area (Å²) in [5.41, 5.74) is 5.29. The summed E-state index contributed by atoms with van der Waals surface area (Å²) in [5.74, 6) is 1.33. The minimum absolute atomic E-state index is 0.333. The van der Waals surface area contributed by atoms with Crippen LogP contribution in [-0.4, -0.2) is 26.7 Å². The van der Waals surface area contributed by atoms with E-state index in [9.17, 15) is 0 Å². The molecule has 0 spiro atoms. The summed E-state index contributed by atoms with van der Waals surface area (Å²) in [5, 5.41) is 3.83. The second-order valence-electron chi connectivity index (χ2n) is 4.08. The molecule has 0 unspecified atom stereocenters. The third-order valence-corrected chi connectivity index (χ3v) is 2.28. The molecule has 0 aliphatic carbocycles. The predicted octanol–water partition coefficient (Wildman–Crippen LogP) is 0.763. The first kappa shape index (κ1) is 10.7. The first-order valence-electron chi connectivity index (χ1n) is 4.95. The lowest BCUT2D eigenvalue weighted by molar-refractivity contribution is 0.311. The third kappa shape index (κ3) is 1.92. The van der Waals surface area contributed by atoms with Crippen LogP contribution in [0.4, 0.5) is 0 Å². The van der Waals surface area contributed by atoms with E-state index in [-0.39, 0.29) is 5.41 Å². The average Bonchev–Trinajstić information content (AvgIpc) is 2.80. The Hall–Kier alpha value is -1.82. The maximum Gasteiger partial charge on any atom is 0.240 e. The Morgan fingerprint density at radius 1 is 1.25 bits per heavy atom. The largest absolute Gasteiger partial charge is 0.338 e. The molecule has 0 saturated heterocycles. The van der Waals surface area contributed by atoms with Crippen molar-refractivity contribution in [2.75, 3.05) is 6.54 Å². The van der Waals surface area contributed by atoms with Crippen LogP contribution in [0.3, 0.4) is 0 Å². The molecule has 0 saturated carbocycles. The third-order valence-electron chi connectivity index (χ3n) is 2.28. The van der Waals surface area contributed by atoms with E-state index in [0.717, 1.165) is 0 Å². The van der Waals surface area contributed by atoms with Gasteiger partial charge in [-0.2, -0.15) is 4.98 Å². The van der Waals surface area contributed by atoms with Gasteiger partial charge in [0, 0.05) is 18.9 Å². The van der Waals surface area contributed by atoms with Crippen molar-refractivity contribution >= 4 is 0 Å². The van der Waals surface area contributed by atoms with E-state index in [2.05, 4.69) is 20.1 Å². The van der Waals surface area contributed by atoms with Crippen LogP contribution in [0.25, 0.3) is 11.6 Å². The highest BCUT2D eigenvalue weighted by Gasteiger charge is 2.26. The molecule has 0 fully saturated rings. The first-order valence-corrected chi connectivity index (χ1v) is 4.95. The van der Waals surface area contributed by atoms with E-state index in [1.54, 1.807) is 18.5 Å². The van der Waals surface area contributed by atoms with E-state index in [1.807, 2.05) is 13.8 Å². The van der Waals surface area contributed by atoms with Gasteiger partial charge in [0.25, 0.3) is 0 Å². The lowest BCUT2D eigenvalue weighted by atomic mass is 9.94. The topological polar surface area (TPSA) is 90.7 Å². The molecule has 16 heavy (non-hydrogen) atoms. The van der Waals surface area contributed by atoms with Crippen LogP contribution >= 0.6 is 0 Å². The number of rotatable bonds is 3. The zero-order chi connectivity index (χ0) is 11.6. The maximum absolute atomic E-state index is 5.63. The molecule has 6 heteroatoms. The van der Waals surface area contributed by atoms with E-state index >= 15 is 0 Å². The standard InChI is InChI=1S/C10H13N5O/c1-10(2,6-11)9-14-8(15-16-9)7-12-4-3-5-13-7/h3-5H,6,11H2,1-2H3. The van der Waals surface area contributed by atoms with Crippen LogP contribution in [0.15, 0.2) is 23.0 Å². The SMILES string of the molecule is CC(C)(CN)c1nc(-c2ncccn2)no1. The number of hydrogen-bond donors (Lipinski definition) is 1. The van der Waals surface area contributed by atoms with Gasteiger partial charge in [0.05, 0.1) is 5.41 Å². The molecule has 0 radical (unpaired) electrons. The fraction of sp³-hybridized carbons (Fsp3) is 0.400. The van der Waals surface area contributed by atoms with Gasteiger partial charge in [0.1, 0.15) is 0 Å². The van der Waals surface area contributed by atoms with Crippen LogP contribution in [0.5, 0.6) is 0 Å². The van der Waals surface area contributed by atoms with Crippen molar-refractivity contribution in [1.82, 2.24) is 20.1 Å². The summed E-state index contributed by atoms with van der Waals surface area (Å²) < 4.78 is 5.15. The van der Waals surface area contributed by atoms with Gasteiger partial charge in [-0.1, -0.05) is 5.16 Å². The van der Waals surface area contributed by atoms with Crippen LogP contribution in [0.1, 0.15) is 19.7 Å². The molecule has 2 aromatic heterocycles. The van der Waals surface area contributed by atoms with Gasteiger partial charge < -0.3 is 10.3 Å². The van der Waals surface area contributed by atoms with Crippen LogP contribution in [0, 0.1) is 0 Å². The van der Waals surface area contributed by atoms with Crippen LogP contribution in [0.2, 0.25) is 0 Å². The normalized spacial score (nSPS) is 11.7. The minimum atomic E-state index is -0.333.